The molecule has 0 aliphatic rings. The van der Waals surface area contributed by atoms with E-state index in [9.17, 15) is 9.59 Å². The van der Waals surface area contributed by atoms with Crippen molar-refractivity contribution in [2.45, 2.75) is 12.5 Å². The van der Waals surface area contributed by atoms with Gasteiger partial charge in [-0.1, -0.05) is 6.07 Å². The van der Waals surface area contributed by atoms with Crippen molar-refractivity contribution in [2.75, 3.05) is 34.0 Å². The zero-order chi connectivity index (χ0) is 16.4. The Bertz CT molecular complexity index is 491. The van der Waals surface area contributed by atoms with E-state index in [1.165, 1.54) is 7.11 Å². The van der Waals surface area contributed by atoms with E-state index in [-0.39, 0.29) is 12.5 Å². The fraction of sp³-hybridized carbons (Fsp3) is 0.467. The van der Waals surface area contributed by atoms with Crippen LogP contribution in [-0.4, -0.2) is 57.1 Å². The first-order valence-corrected chi connectivity index (χ1v) is 6.84. The maximum atomic E-state index is 12.0. The van der Waals surface area contributed by atoms with Crippen LogP contribution >= 0.6 is 0 Å². The van der Waals surface area contributed by atoms with Gasteiger partial charge in [0.1, 0.15) is 5.75 Å². The number of rotatable bonds is 10. The van der Waals surface area contributed by atoms with Crippen LogP contribution in [0.5, 0.6) is 5.75 Å². The number of hydrogen-bond acceptors (Lipinski definition) is 5. The van der Waals surface area contributed by atoms with Crippen molar-refractivity contribution in [1.29, 1.82) is 0 Å². The lowest BCUT2D eigenvalue weighted by atomic mass is 10.2. The van der Waals surface area contributed by atoms with Crippen LogP contribution in [0.15, 0.2) is 24.3 Å². The predicted octanol–water partition coefficient (Wildman–Crippen LogP) is 0.931. The number of methoxy groups -OCH3 is 2. The van der Waals surface area contributed by atoms with Gasteiger partial charge >= 0.3 is 5.97 Å². The molecule has 2 N–H and O–H groups in total. The van der Waals surface area contributed by atoms with Crippen LogP contribution < -0.4 is 10.1 Å². The Morgan fingerprint density at radius 2 is 2.05 bits per heavy atom. The predicted molar refractivity (Wildman–Crippen MR) is 79.2 cm³/mol. The minimum atomic E-state index is -1.13. The Morgan fingerprint density at radius 1 is 1.27 bits per heavy atom. The molecule has 1 aromatic rings. The maximum Gasteiger partial charge on any atom is 0.334 e. The summed E-state index contributed by atoms with van der Waals surface area (Å²) in [7, 11) is 2.90. The molecule has 0 heterocycles. The van der Waals surface area contributed by atoms with Crippen LogP contribution in [0.4, 0.5) is 0 Å². The second kappa shape index (κ2) is 9.75. The van der Waals surface area contributed by atoms with E-state index in [4.69, 9.17) is 19.3 Å². The van der Waals surface area contributed by atoms with Gasteiger partial charge in [-0.3, -0.25) is 4.79 Å². The molecule has 0 aliphatic heterocycles. The summed E-state index contributed by atoms with van der Waals surface area (Å²) in [6.07, 6.45) is -0.321. The minimum absolute atomic E-state index is 0.108. The van der Waals surface area contributed by atoms with Gasteiger partial charge in [-0.25, -0.2) is 4.79 Å². The van der Waals surface area contributed by atoms with Crippen molar-refractivity contribution in [2.24, 2.45) is 0 Å². The van der Waals surface area contributed by atoms with Gasteiger partial charge in [0.2, 0.25) is 0 Å². The first-order chi connectivity index (χ1) is 10.6. The van der Waals surface area contributed by atoms with Crippen LogP contribution in [0.1, 0.15) is 16.8 Å². The SMILES string of the molecule is COCCCOc1cccc(C(=O)NCC(OC)C(=O)O)c1. The highest BCUT2D eigenvalue weighted by Gasteiger charge is 2.17. The highest BCUT2D eigenvalue weighted by Crippen LogP contribution is 2.13. The Labute approximate surface area is 129 Å². The number of amides is 1. The fourth-order valence-corrected chi connectivity index (χ4v) is 1.68. The van der Waals surface area contributed by atoms with E-state index in [0.29, 0.717) is 24.5 Å². The molecule has 0 fully saturated rings. The number of aliphatic carboxylic acids is 1. The summed E-state index contributed by atoms with van der Waals surface area (Å²) in [6.45, 7) is 0.987. The molecule has 1 rings (SSSR count). The van der Waals surface area contributed by atoms with Crippen molar-refractivity contribution in [3.8, 4) is 5.75 Å². The van der Waals surface area contributed by atoms with Crippen molar-refractivity contribution >= 4 is 11.9 Å². The zero-order valence-corrected chi connectivity index (χ0v) is 12.7. The van der Waals surface area contributed by atoms with Gasteiger partial charge in [-0.15, -0.1) is 0 Å². The minimum Gasteiger partial charge on any atom is -0.493 e. The molecule has 0 saturated heterocycles. The molecule has 1 atom stereocenters. The van der Waals surface area contributed by atoms with E-state index < -0.39 is 12.1 Å². The normalized spacial score (nSPS) is 11.7. The van der Waals surface area contributed by atoms with E-state index in [1.54, 1.807) is 31.4 Å². The highest BCUT2D eigenvalue weighted by molar-refractivity contribution is 5.94. The third-order valence-corrected chi connectivity index (χ3v) is 2.87. The van der Waals surface area contributed by atoms with Gasteiger partial charge in [0.25, 0.3) is 5.91 Å². The Kier molecular flexibility index (Phi) is 7.95. The number of carboxylic acid groups (broad SMARTS) is 1. The van der Waals surface area contributed by atoms with Crippen molar-refractivity contribution in [3.05, 3.63) is 29.8 Å². The molecule has 22 heavy (non-hydrogen) atoms. The molecule has 1 aromatic carbocycles. The van der Waals surface area contributed by atoms with Gasteiger partial charge in [-0.05, 0) is 18.2 Å². The highest BCUT2D eigenvalue weighted by atomic mass is 16.5. The summed E-state index contributed by atoms with van der Waals surface area (Å²) >= 11 is 0. The molecule has 0 spiro atoms. The third kappa shape index (κ3) is 6.11. The van der Waals surface area contributed by atoms with Gasteiger partial charge in [0, 0.05) is 32.8 Å². The number of carbonyl (C=O) groups is 2. The molecule has 1 amide bonds. The van der Waals surface area contributed by atoms with Crippen LogP contribution in [0, 0.1) is 0 Å². The monoisotopic (exact) mass is 311 g/mol. The number of benzene rings is 1. The molecule has 7 nitrogen and oxygen atoms in total. The quantitative estimate of drug-likeness (QED) is 0.624. The number of nitrogens with one attached hydrogen (secondary N) is 1. The molecule has 0 bridgehead atoms. The fourth-order valence-electron chi connectivity index (χ4n) is 1.68. The first-order valence-electron chi connectivity index (χ1n) is 6.84. The van der Waals surface area contributed by atoms with Gasteiger partial charge in [-0.2, -0.15) is 0 Å². The third-order valence-electron chi connectivity index (χ3n) is 2.87. The van der Waals surface area contributed by atoms with Crippen LogP contribution in [0.3, 0.4) is 0 Å². The summed E-state index contributed by atoms with van der Waals surface area (Å²) in [5.74, 6) is -0.936. The van der Waals surface area contributed by atoms with Crippen LogP contribution in [0.25, 0.3) is 0 Å². The second-order valence-electron chi connectivity index (χ2n) is 4.50. The standard InChI is InChI=1S/C15H21NO6/c1-20-7-4-8-22-12-6-3-5-11(9-12)14(17)16-10-13(21-2)15(18)19/h3,5-6,9,13H,4,7-8,10H2,1-2H3,(H,16,17)(H,18,19). The molecule has 0 radical (unpaired) electrons. The molecule has 0 saturated carbocycles. The Balaban J connectivity index is 2.53. The lowest BCUT2D eigenvalue weighted by Gasteiger charge is -2.12. The molecule has 7 heteroatoms. The summed E-state index contributed by atoms with van der Waals surface area (Å²) in [6, 6.07) is 6.68. The molecular weight excluding hydrogens is 290 g/mol. The van der Waals surface area contributed by atoms with E-state index >= 15 is 0 Å². The van der Waals surface area contributed by atoms with Crippen molar-refractivity contribution < 1.29 is 28.9 Å². The van der Waals surface area contributed by atoms with Crippen LogP contribution in [-0.2, 0) is 14.3 Å². The average molecular weight is 311 g/mol. The van der Waals surface area contributed by atoms with Crippen molar-refractivity contribution in [1.82, 2.24) is 5.32 Å². The number of hydrogen-bond donors (Lipinski definition) is 2. The van der Waals surface area contributed by atoms with E-state index in [2.05, 4.69) is 5.32 Å². The number of carbonyl (C=O) groups excluding carboxylic acids is 1. The lowest BCUT2D eigenvalue weighted by Crippen LogP contribution is -2.37. The van der Waals surface area contributed by atoms with E-state index in [1.807, 2.05) is 0 Å². The molecule has 0 aliphatic carbocycles. The van der Waals surface area contributed by atoms with Gasteiger partial charge < -0.3 is 24.6 Å². The first kappa shape index (κ1) is 17.9. The summed E-state index contributed by atoms with van der Waals surface area (Å²) in [5.41, 5.74) is 0.393. The lowest BCUT2D eigenvalue weighted by molar-refractivity contribution is -0.148. The Morgan fingerprint density at radius 3 is 2.68 bits per heavy atom. The second-order valence-corrected chi connectivity index (χ2v) is 4.50. The summed E-state index contributed by atoms with van der Waals surface area (Å²) in [4.78, 5) is 22.8. The van der Waals surface area contributed by atoms with Gasteiger partial charge in [0.05, 0.1) is 13.2 Å². The maximum absolute atomic E-state index is 12.0. The number of ether oxygens (including phenoxy) is 3. The molecule has 0 aromatic heterocycles. The molecular formula is C15H21NO6. The number of carboxylic acids is 1. The molecule has 122 valence electrons. The molecule has 1 unspecified atom stereocenters. The van der Waals surface area contributed by atoms with Gasteiger partial charge in [0.15, 0.2) is 6.10 Å². The largest absolute Gasteiger partial charge is 0.493 e. The van der Waals surface area contributed by atoms with Crippen LogP contribution in [0.2, 0.25) is 0 Å². The summed E-state index contributed by atoms with van der Waals surface area (Å²) in [5, 5.41) is 11.3. The topological polar surface area (TPSA) is 94.1 Å². The zero-order valence-electron chi connectivity index (χ0n) is 12.7. The van der Waals surface area contributed by atoms with E-state index in [0.717, 1.165) is 6.42 Å². The summed E-state index contributed by atoms with van der Waals surface area (Å²) < 4.78 is 15.2. The average Bonchev–Trinajstić information content (AvgIpc) is 2.52. The Hall–Kier alpha value is -2.12. The smallest absolute Gasteiger partial charge is 0.334 e. The van der Waals surface area contributed by atoms with Crippen molar-refractivity contribution in [3.63, 3.8) is 0 Å².